The van der Waals surface area contributed by atoms with Crippen LogP contribution < -0.4 is 0 Å². The Bertz CT molecular complexity index is 362. The van der Waals surface area contributed by atoms with E-state index < -0.39 is 31.9 Å². The molecule has 0 aliphatic rings. The fraction of sp³-hybridized carbons (Fsp3) is 1.00. The van der Waals surface area contributed by atoms with Crippen LogP contribution in [-0.4, -0.2) is 67.2 Å². The maximum absolute atomic E-state index is 11.1. The number of quaternary nitrogens is 1. The Labute approximate surface area is 111 Å². The van der Waals surface area contributed by atoms with Crippen molar-refractivity contribution in [1.82, 2.24) is 0 Å². The lowest BCUT2D eigenvalue weighted by Gasteiger charge is -2.33. The Morgan fingerprint density at radius 3 is 1.67 bits per heavy atom. The molecular formula is C7H20NO7P2S+. The SMILES string of the molecule is C[N+](C)(C)CC(S)CC(O)(P(=O)(O)O)P(=O)(O)O. The molecule has 0 aromatic rings. The molecule has 0 aromatic carbocycles. The van der Waals surface area contributed by atoms with Crippen LogP contribution >= 0.6 is 27.8 Å². The molecule has 0 saturated heterocycles. The number of hydrogen-bond donors (Lipinski definition) is 6. The first-order valence-electron chi connectivity index (χ1n) is 4.92. The van der Waals surface area contributed by atoms with Gasteiger partial charge in [-0.15, -0.1) is 0 Å². The zero-order chi connectivity index (χ0) is 15.0. The minimum Gasteiger partial charge on any atom is -0.367 e. The maximum atomic E-state index is 11.1. The summed E-state index contributed by atoms with van der Waals surface area (Å²) in [5, 5.41) is 5.50. The highest BCUT2D eigenvalue weighted by atomic mass is 32.1. The van der Waals surface area contributed by atoms with E-state index in [1.165, 1.54) is 0 Å². The summed E-state index contributed by atoms with van der Waals surface area (Å²) in [6, 6.07) is 0. The normalized spacial score (nSPS) is 16.7. The van der Waals surface area contributed by atoms with Crippen molar-refractivity contribution in [2.75, 3.05) is 27.7 Å². The zero-order valence-corrected chi connectivity index (χ0v) is 13.0. The second kappa shape index (κ2) is 5.52. The van der Waals surface area contributed by atoms with E-state index in [0.29, 0.717) is 4.48 Å². The van der Waals surface area contributed by atoms with Gasteiger partial charge in [-0.25, -0.2) is 0 Å². The number of aliphatic hydroxyl groups is 1. The van der Waals surface area contributed by atoms with Gasteiger partial charge >= 0.3 is 15.2 Å². The molecule has 0 spiro atoms. The molecule has 0 radical (unpaired) electrons. The van der Waals surface area contributed by atoms with E-state index in [1.54, 1.807) is 21.1 Å². The Morgan fingerprint density at radius 1 is 1.11 bits per heavy atom. The van der Waals surface area contributed by atoms with Gasteiger partial charge in [0.1, 0.15) is 0 Å². The van der Waals surface area contributed by atoms with Crippen LogP contribution in [0.2, 0.25) is 0 Å². The molecule has 0 rings (SSSR count). The predicted molar refractivity (Wildman–Crippen MR) is 69.3 cm³/mol. The van der Waals surface area contributed by atoms with Crippen molar-refractivity contribution < 1.29 is 38.3 Å². The summed E-state index contributed by atoms with van der Waals surface area (Å²) in [5.41, 5.74) is 0. The Morgan fingerprint density at radius 2 is 1.44 bits per heavy atom. The number of nitrogens with zero attached hydrogens (tertiary/aromatic N) is 1. The van der Waals surface area contributed by atoms with E-state index >= 15 is 0 Å². The van der Waals surface area contributed by atoms with Gasteiger partial charge in [-0.05, 0) is 0 Å². The third-order valence-corrected chi connectivity index (χ3v) is 6.34. The van der Waals surface area contributed by atoms with Gasteiger partial charge < -0.3 is 29.2 Å². The van der Waals surface area contributed by atoms with Crippen LogP contribution in [0, 0.1) is 0 Å². The fourth-order valence-electron chi connectivity index (χ4n) is 1.42. The molecule has 110 valence electrons. The molecule has 18 heavy (non-hydrogen) atoms. The van der Waals surface area contributed by atoms with Gasteiger partial charge in [0.25, 0.3) is 5.08 Å². The minimum absolute atomic E-state index is 0.269. The molecule has 0 aromatic heterocycles. The van der Waals surface area contributed by atoms with Crippen LogP contribution in [0.15, 0.2) is 0 Å². The van der Waals surface area contributed by atoms with E-state index in [0.717, 1.165) is 0 Å². The van der Waals surface area contributed by atoms with Crippen LogP contribution in [0.4, 0.5) is 0 Å². The molecule has 0 aliphatic carbocycles. The topological polar surface area (TPSA) is 135 Å². The molecule has 11 heteroatoms. The first-order chi connectivity index (χ1) is 7.60. The second-order valence-corrected chi connectivity index (χ2v) is 9.93. The second-order valence-electron chi connectivity index (χ2n) is 5.19. The summed E-state index contributed by atoms with van der Waals surface area (Å²) in [6.07, 6.45) is -0.805. The lowest BCUT2D eigenvalue weighted by Crippen LogP contribution is -2.43. The van der Waals surface area contributed by atoms with Crippen molar-refractivity contribution in [2.24, 2.45) is 0 Å². The molecule has 5 N–H and O–H groups in total. The molecule has 0 amide bonds. The monoisotopic (exact) mass is 324 g/mol. The molecule has 8 nitrogen and oxygen atoms in total. The third-order valence-electron chi connectivity index (χ3n) is 2.20. The van der Waals surface area contributed by atoms with Crippen molar-refractivity contribution in [1.29, 1.82) is 0 Å². The third kappa shape index (κ3) is 4.92. The minimum atomic E-state index is -5.39. The number of rotatable bonds is 6. The molecule has 1 atom stereocenters. The predicted octanol–water partition coefficient (Wildman–Crippen LogP) is -0.617. The van der Waals surface area contributed by atoms with Crippen LogP contribution in [0.3, 0.4) is 0 Å². The van der Waals surface area contributed by atoms with E-state index in [1.807, 2.05) is 0 Å². The lowest BCUT2D eigenvalue weighted by atomic mass is 10.3. The molecule has 0 bridgehead atoms. The average molecular weight is 324 g/mol. The molecule has 0 heterocycles. The average Bonchev–Trinajstić information content (AvgIpc) is 1.94. The van der Waals surface area contributed by atoms with Crippen molar-refractivity contribution in [3.05, 3.63) is 0 Å². The summed E-state index contributed by atoms with van der Waals surface area (Å²) in [5.74, 6) is 0. The zero-order valence-electron chi connectivity index (χ0n) is 10.3. The molecule has 0 aliphatic heterocycles. The van der Waals surface area contributed by atoms with Gasteiger partial charge in [-0.1, -0.05) is 0 Å². The Hall–Kier alpha value is 0.570. The quantitative estimate of drug-likeness (QED) is 0.218. The Balaban J connectivity index is 5.20. The van der Waals surface area contributed by atoms with Gasteiger partial charge in [0.2, 0.25) is 0 Å². The van der Waals surface area contributed by atoms with Crippen molar-refractivity contribution in [3.8, 4) is 0 Å². The summed E-state index contributed by atoms with van der Waals surface area (Å²) in [7, 11) is -5.46. The Kier molecular flexibility index (Phi) is 5.69. The lowest BCUT2D eigenvalue weighted by molar-refractivity contribution is -0.869. The van der Waals surface area contributed by atoms with E-state index in [4.69, 9.17) is 19.6 Å². The smallest absolute Gasteiger partial charge is 0.367 e. The number of thiol groups is 1. The van der Waals surface area contributed by atoms with Crippen LogP contribution in [-0.2, 0) is 9.13 Å². The molecular weight excluding hydrogens is 304 g/mol. The maximum Gasteiger partial charge on any atom is 0.369 e. The van der Waals surface area contributed by atoms with Crippen molar-refractivity contribution in [3.63, 3.8) is 0 Å². The van der Waals surface area contributed by atoms with E-state index in [9.17, 15) is 14.2 Å². The molecule has 1 unspecified atom stereocenters. The van der Waals surface area contributed by atoms with Gasteiger partial charge in [0.15, 0.2) is 0 Å². The highest BCUT2D eigenvalue weighted by molar-refractivity contribution is 7.81. The van der Waals surface area contributed by atoms with Crippen molar-refractivity contribution in [2.45, 2.75) is 16.8 Å². The van der Waals surface area contributed by atoms with Crippen LogP contribution in [0.25, 0.3) is 0 Å². The fourth-order valence-corrected chi connectivity index (χ4v) is 4.74. The molecule has 0 saturated carbocycles. The van der Waals surface area contributed by atoms with Gasteiger partial charge in [-0.3, -0.25) is 9.13 Å². The highest BCUT2D eigenvalue weighted by Gasteiger charge is 2.60. The first-order valence-corrected chi connectivity index (χ1v) is 8.66. The van der Waals surface area contributed by atoms with Gasteiger partial charge in [0, 0.05) is 6.42 Å². The van der Waals surface area contributed by atoms with Crippen molar-refractivity contribution >= 4 is 27.8 Å². The number of hydrogen-bond acceptors (Lipinski definition) is 4. The largest absolute Gasteiger partial charge is 0.369 e. The summed E-state index contributed by atoms with van der Waals surface area (Å²) in [4.78, 5) is 35.8. The van der Waals surface area contributed by atoms with Gasteiger partial charge in [0.05, 0.1) is 32.9 Å². The van der Waals surface area contributed by atoms with Gasteiger partial charge in [-0.2, -0.15) is 12.6 Å². The van der Waals surface area contributed by atoms with E-state index in [-0.39, 0.29) is 6.54 Å². The first kappa shape index (κ1) is 18.6. The van der Waals surface area contributed by atoms with E-state index in [2.05, 4.69) is 12.6 Å². The summed E-state index contributed by atoms with van der Waals surface area (Å²) < 4.78 is 22.6. The molecule has 0 fully saturated rings. The summed E-state index contributed by atoms with van der Waals surface area (Å²) >= 11 is 4.02. The van der Waals surface area contributed by atoms with Crippen LogP contribution in [0.5, 0.6) is 0 Å². The standard InChI is InChI=1S/C7H19NO7P2S/c1-8(2,3)5-6(18)4-7(9,16(10,11)12)17(13,14)15/h6,9H,4-5H2,1-3H3,(H4-,10,11,12,13,14,15,18)/p+1. The van der Waals surface area contributed by atoms with Crippen LogP contribution in [0.1, 0.15) is 6.42 Å². The highest BCUT2D eigenvalue weighted by Crippen LogP contribution is 2.69. The summed E-state index contributed by atoms with van der Waals surface area (Å²) in [6.45, 7) is 0.269.